The van der Waals surface area contributed by atoms with Crippen molar-refractivity contribution in [2.24, 2.45) is 0 Å². The second-order valence-corrected chi connectivity index (χ2v) is 14.7. The van der Waals surface area contributed by atoms with Crippen LogP contribution in [0.4, 0.5) is 5.69 Å². The van der Waals surface area contributed by atoms with Crippen molar-refractivity contribution in [1.29, 1.82) is 0 Å². The van der Waals surface area contributed by atoms with Crippen LogP contribution in [0.2, 0.25) is 0 Å². The van der Waals surface area contributed by atoms with Crippen molar-refractivity contribution in [1.82, 2.24) is 10.2 Å². The topological polar surface area (TPSA) is 96.0 Å². The molecule has 8 nitrogen and oxygen atoms in total. The highest BCUT2D eigenvalue weighted by Crippen LogP contribution is 2.26. The van der Waals surface area contributed by atoms with Crippen LogP contribution in [-0.2, 0) is 32.6 Å². The van der Waals surface area contributed by atoms with E-state index in [-0.39, 0.29) is 23.8 Å². The van der Waals surface area contributed by atoms with Gasteiger partial charge in [0.25, 0.3) is 10.0 Å². The Balaban J connectivity index is 1.82. The van der Waals surface area contributed by atoms with Crippen molar-refractivity contribution in [2.75, 3.05) is 18.0 Å². The summed E-state index contributed by atoms with van der Waals surface area (Å²) in [5.74, 6) is -0.263. The zero-order chi connectivity index (χ0) is 32.6. The molecule has 0 aromatic heterocycles. The van der Waals surface area contributed by atoms with Gasteiger partial charge in [-0.3, -0.25) is 13.9 Å². The van der Waals surface area contributed by atoms with Gasteiger partial charge >= 0.3 is 0 Å². The fraction of sp³-hybridized carbons (Fsp3) is 0.257. The number of methoxy groups -OCH3 is 1. The zero-order valence-electron chi connectivity index (χ0n) is 25.8. The molecule has 0 aliphatic heterocycles. The van der Waals surface area contributed by atoms with Crippen molar-refractivity contribution in [2.45, 2.75) is 50.2 Å². The third-order valence-electron chi connectivity index (χ3n) is 6.98. The van der Waals surface area contributed by atoms with E-state index in [0.29, 0.717) is 11.4 Å². The van der Waals surface area contributed by atoms with Crippen LogP contribution in [0.25, 0.3) is 0 Å². The van der Waals surface area contributed by atoms with E-state index in [1.165, 1.54) is 17.0 Å². The molecule has 236 valence electrons. The molecular formula is C35H38IN3O5S. The fourth-order valence-electron chi connectivity index (χ4n) is 4.83. The van der Waals surface area contributed by atoms with Gasteiger partial charge in [0.2, 0.25) is 11.8 Å². The van der Waals surface area contributed by atoms with Gasteiger partial charge in [0, 0.05) is 22.1 Å². The summed E-state index contributed by atoms with van der Waals surface area (Å²) >= 11 is 2.15. The average molecular weight is 740 g/mol. The third kappa shape index (κ3) is 9.30. The number of rotatable bonds is 12. The normalized spacial score (nSPS) is 12.2. The van der Waals surface area contributed by atoms with Crippen LogP contribution < -0.4 is 14.4 Å². The van der Waals surface area contributed by atoms with Crippen LogP contribution >= 0.6 is 22.6 Å². The molecule has 0 saturated heterocycles. The number of hydrogen-bond donors (Lipinski definition) is 1. The van der Waals surface area contributed by atoms with E-state index in [9.17, 15) is 18.0 Å². The summed E-state index contributed by atoms with van der Waals surface area (Å²) < 4.78 is 35.6. The van der Waals surface area contributed by atoms with Gasteiger partial charge in [-0.25, -0.2) is 8.42 Å². The van der Waals surface area contributed by atoms with Crippen LogP contribution in [0.15, 0.2) is 114 Å². The molecule has 4 aromatic carbocycles. The van der Waals surface area contributed by atoms with Crippen molar-refractivity contribution in [3.05, 3.63) is 124 Å². The van der Waals surface area contributed by atoms with E-state index in [0.717, 1.165) is 19.0 Å². The number of nitrogens with one attached hydrogen (secondary N) is 1. The quantitative estimate of drug-likeness (QED) is 0.179. The third-order valence-corrected chi connectivity index (χ3v) is 9.49. The Bertz CT molecular complexity index is 1690. The molecule has 0 unspecified atom stereocenters. The number of benzene rings is 4. The van der Waals surface area contributed by atoms with Crippen LogP contribution in [-0.4, -0.2) is 50.4 Å². The summed E-state index contributed by atoms with van der Waals surface area (Å²) in [6.07, 6.45) is 0.230. The predicted molar refractivity (Wildman–Crippen MR) is 186 cm³/mol. The molecule has 4 rings (SSSR count). The summed E-state index contributed by atoms with van der Waals surface area (Å²) in [4.78, 5) is 30.0. The summed E-state index contributed by atoms with van der Waals surface area (Å²) in [7, 11) is -2.59. The molecule has 0 saturated carbocycles. The van der Waals surface area contributed by atoms with Crippen molar-refractivity contribution >= 4 is 50.1 Å². The highest BCUT2D eigenvalue weighted by Gasteiger charge is 2.35. The zero-order valence-corrected chi connectivity index (χ0v) is 28.8. The largest absolute Gasteiger partial charge is 0.497 e. The van der Waals surface area contributed by atoms with Crippen LogP contribution in [0, 0.1) is 3.57 Å². The van der Waals surface area contributed by atoms with Crippen molar-refractivity contribution in [3.8, 4) is 5.75 Å². The lowest BCUT2D eigenvalue weighted by molar-refractivity contribution is -0.140. The summed E-state index contributed by atoms with van der Waals surface area (Å²) in [5.41, 5.74) is 1.37. The first kappa shape index (κ1) is 34.0. The Kier molecular flexibility index (Phi) is 11.3. The Morgan fingerprint density at radius 3 is 2.04 bits per heavy atom. The maximum absolute atomic E-state index is 14.5. The van der Waals surface area contributed by atoms with Gasteiger partial charge < -0.3 is 15.0 Å². The first-order valence-corrected chi connectivity index (χ1v) is 17.0. The maximum Gasteiger partial charge on any atom is 0.264 e. The standard InChI is InChI=1S/C35H38IN3O5S/c1-35(2,3)37-34(41)32(23-26-12-7-5-8-13-26)38(24-27-14-11-15-30(22-27)44-4)33(40)25-39(29-20-18-28(36)19-21-29)45(42,43)31-16-9-6-10-17-31/h5-22,32H,23-25H2,1-4H3,(H,37,41)/t32-/m1/s1. The Morgan fingerprint density at radius 2 is 1.44 bits per heavy atom. The Labute approximate surface area is 279 Å². The van der Waals surface area contributed by atoms with Crippen LogP contribution in [0.1, 0.15) is 31.9 Å². The van der Waals surface area contributed by atoms with Crippen LogP contribution in [0.3, 0.4) is 0 Å². The molecule has 0 fully saturated rings. The van der Waals surface area contributed by atoms with Gasteiger partial charge in [0.1, 0.15) is 18.3 Å². The summed E-state index contributed by atoms with van der Waals surface area (Å²) in [6.45, 7) is 5.17. The molecule has 1 atom stereocenters. The Morgan fingerprint density at radius 1 is 0.844 bits per heavy atom. The SMILES string of the molecule is COc1cccc(CN(C(=O)CN(c2ccc(I)cc2)S(=O)(=O)c2ccccc2)[C@H](Cc2ccccc2)C(=O)NC(C)(C)C)c1. The van der Waals surface area contributed by atoms with E-state index >= 15 is 0 Å². The molecule has 0 bridgehead atoms. The second kappa shape index (κ2) is 14.9. The van der Waals surface area contributed by atoms with E-state index in [2.05, 4.69) is 27.9 Å². The smallest absolute Gasteiger partial charge is 0.264 e. The number of hydrogen-bond acceptors (Lipinski definition) is 5. The fourth-order valence-corrected chi connectivity index (χ4v) is 6.62. The van der Waals surface area contributed by atoms with Crippen molar-refractivity contribution < 1.29 is 22.7 Å². The van der Waals surface area contributed by atoms with Crippen LogP contribution in [0.5, 0.6) is 5.75 Å². The minimum absolute atomic E-state index is 0.0526. The van der Waals surface area contributed by atoms with E-state index in [1.807, 2.05) is 63.2 Å². The number of anilines is 1. The minimum Gasteiger partial charge on any atom is -0.497 e. The first-order chi connectivity index (χ1) is 21.4. The number of sulfonamides is 1. The summed E-state index contributed by atoms with van der Waals surface area (Å²) in [5, 5.41) is 3.04. The highest BCUT2D eigenvalue weighted by atomic mass is 127. The van der Waals surface area contributed by atoms with E-state index < -0.39 is 34.1 Å². The number of amides is 2. The average Bonchev–Trinajstić information content (AvgIpc) is 3.02. The molecule has 4 aromatic rings. The summed E-state index contributed by atoms with van der Waals surface area (Å²) in [6, 6.07) is 30.7. The second-order valence-electron chi connectivity index (χ2n) is 11.6. The molecule has 0 heterocycles. The number of halogens is 1. The molecule has 45 heavy (non-hydrogen) atoms. The minimum atomic E-state index is -4.15. The maximum atomic E-state index is 14.5. The molecule has 0 aliphatic carbocycles. The van der Waals surface area contributed by atoms with Gasteiger partial charge in [-0.15, -0.1) is 0 Å². The predicted octanol–water partition coefficient (Wildman–Crippen LogP) is 6.05. The Hall–Kier alpha value is -3.90. The molecule has 10 heteroatoms. The lowest BCUT2D eigenvalue weighted by Crippen LogP contribution is -2.56. The number of ether oxygens (including phenoxy) is 1. The van der Waals surface area contributed by atoms with Gasteiger partial charge in [-0.1, -0.05) is 60.7 Å². The van der Waals surface area contributed by atoms with Crippen molar-refractivity contribution in [3.63, 3.8) is 0 Å². The van der Waals surface area contributed by atoms with Gasteiger partial charge in [0.05, 0.1) is 17.7 Å². The molecule has 0 aliphatic rings. The lowest BCUT2D eigenvalue weighted by atomic mass is 10.0. The van der Waals surface area contributed by atoms with Gasteiger partial charge in [-0.05, 0) is 103 Å². The molecule has 0 radical (unpaired) electrons. The molecule has 2 amide bonds. The lowest BCUT2D eigenvalue weighted by Gasteiger charge is -2.35. The molecular weight excluding hydrogens is 701 g/mol. The monoisotopic (exact) mass is 739 g/mol. The van der Waals surface area contributed by atoms with Gasteiger partial charge in [-0.2, -0.15) is 0 Å². The first-order valence-electron chi connectivity index (χ1n) is 14.5. The number of carbonyl (C=O) groups excluding carboxylic acids is 2. The molecule has 0 spiro atoms. The van der Waals surface area contributed by atoms with E-state index in [1.54, 1.807) is 61.7 Å². The highest BCUT2D eigenvalue weighted by molar-refractivity contribution is 14.1. The molecule has 1 N–H and O–H groups in total. The number of carbonyl (C=O) groups is 2. The van der Waals surface area contributed by atoms with Gasteiger partial charge in [0.15, 0.2) is 0 Å². The van der Waals surface area contributed by atoms with E-state index in [4.69, 9.17) is 4.74 Å². The number of nitrogens with zero attached hydrogens (tertiary/aromatic N) is 2.